The number of nitrogens with one attached hydrogen (secondary N) is 1. The molecule has 0 radical (unpaired) electrons. The van der Waals surface area contributed by atoms with E-state index in [0.717, 1.165) is 24.0 Å². The van der Waals surface area contributed by atoms with E-state index >= 15 is 0 Å². The molecule has 0 bridgehead atoms. The molecule has 2 saturated heterocycles. The number of rotatable bonds is 4. The first kappa shape index (κ1) is 16.3. The van der Waals surface area contributed by atoms with Gasteiger partial charge in [0, 0.05) is 25.7 Å². The van der Waals surface area contributed by atoms with Gasteiger partial charge in [-0.05, 0) is 31.5 Å². The Hall–Kier alpha value is -2.22. The van der Waals surface area contributed by atoms with Crippen LogP contribution in [0.5, 0.6) is 0 Å². The van der Waals surface area contributed by atoms with Gasteiger partial charge in [-0.15, -0.1) is 0 Å². The summed E-state index contributed by atoms with van der Waals surface area (Å²) in [6.07, 6.45) is 1.90. The third kappa shape index (κ3) is 3.06. The molecule has 2 fully saturated rings. The SMILES string of the molecule is O=C1NCCN1C1CCCN(Cc2nc3ccccc3n2C(F)F)C1. The summed E-state index contributed by atoms with van der Waals surface area (Å²) in [5.74, 6) is 0.378. The Morgan fingerprint density at radius 1 is 1.28 bits per heavy atom. The Labute approximate surface area is 144 Å². The van der Waals surface area contributed by atoms with Crippen LogP contribution in [0.3, 0.4) is 0 Å². The van der Waals surface area contributed by atoms with Crippen LogP contribution in [0.15, 0.2) is 24.3 Å². The second kappa shape index (κ2) is 6.59. The molecule has 8 heteroatoms. The molecule has 2 aliphatic rings. The van der Waals surface area contributed by atoms with Crippen LogP contribution < -0.4 is 5.32 Å². The quantitative estimate of drug-likeness (QED) is 0.922. The smallest absolute Gasteiger partial charge is 0.320 e. The minimum atomic E-state index is -2.62. The maximum Gasteiger partial charge on any atom is 0.320 e. The summed E-state index contributed by atoms with van der Waals surface area (Å²) in [6.45, 7) is 0.666. The number of halogens is 2. The minimum Gasteiger partial charge on any atom is -0.336 e. The molecule has 25 heavy (non-hydrogen) atoms. The molecular weight excluding hydrogens is 328 g/mol. The number of hydrogen-bond donors (Lipinski definition) is 1. The van der Waals surface area contributed by atoms with Crippen LogP contribution in [0.2, 0.25) is 0 Å². The van der Waals surface area contributed by atoms with Crippen molar-refractivity contribution in [2.45, 2.75) is 32.0 Å². The van der Waals surface area contributed by atoms with E-state index in [1.807, 2.05) is 4.90 Å². The van der Waals surface area contributed by atoms with Gasteiger partial charge in [0.25, 0.3) is 0 Å². The molecule has 2 aliphatic heterocycles. The Bertz CT molecular complexity index is 777. The van der Waals surface area contributed by atoms with Crippen LogP contribution in [0.1, 0.15) is 25.2 Å². The highest BCUT2D eigenvalue weighted by Crippen LogP contribution is 2.25. The zero-order valence-electron chi connectivity index (χ0n) is 13.9. The summed E-state index contributed by atoms with van der Waals surface area (Å²) in [5, 5.41) is 2.83. The van der Waals surface area contributed by atoms with Gasteiger partial charge in [-0.1, -0.05) is 12.1 Å². The number of urea groups is 1. The highest BCUT2D eigenvalue weighted by molar-refractivity contribution is 5.76. The molecule has 6 nitrogen and oxygen atoms in total. The number of fused-ring (bicyclic) bond motifs is 1. The van der Waals surface area contributed by atoms with Crippen molar-refractivity contribution in [1.82, 2.24) is 24.7 Å². The van der Waals surface area contributed by atoms with E-state index in [4.69, 9.17) is 0 Å². The minimum absolute atomic E-state index is 0.0216. The van der Waals surface area contributed by atoms with Gasteiger partial charge in [-0.3, -0.25) is 9.47 Å². The second-order valence-electron chi connectivity index (χ2n) is 6.62. The molecule has 134 valence electrons. The van der Waals surface area contributed by atoms with Crippen molar-refractivity contribution in [3.05, 3.63) is 30.1 Å². The summed E-state index contributed by atoms with van der Waals surface area (Å²) in [6, 6.07) is 7.09. The summed E-state index contributed by atoms with van der Waals surface area (Å²) in [5.41, 5.74) is 1.05. The Morgan fingerprint density at radius 2 is 2.12 bits per heavy atom. The van der Waals surface area contributed by atoms with E-state index in [0.29, 0.717) is 43.0 Å². The van der Waals surface area contributed by atoms with Crippen LogP contribution in [0.25, 0.3) is 11.0 Å². The van der Waals surface area contributed by atoms with Gasteiger partial charge in [0.15, 0.2) is 0 Å². The number of carbonyl (C=O) groups excluding carboxylic acids is 1. The van der Waals surface area contributed by atoms with Crippen LogP contribution in [0.4, 0.5) is 13.6 Å². The number of carbonyl (C=O) groups is 1. The van der Waals surface area contributed by atoms with E-state index in [1.165, 1.54) is 0 Å². The topological polar surface area (TPSA) is 53.4 Å². The van der Waals surface area contributed by atoms with Gasteiger partial charge >= 0.3 is 12.6 Å². The third-order valence-electron chi connectivity index (χ3n) is 5.04. The molecule has 1 atom stereocenters. The zero-order valence-corrected chi connectivity index (χ0v) is 13.9. The van der Waals surface area contributed by atoms with Crippen molar-refractivity contribution in [1.29, 1.82) is 0 Å². The maximum atomic E-state index is 13.6. The number of nitrogens with zero attached hydrogens (tertiary/aromatic N) is 4. The fourth-order valence-electron chi connectivity index (χ4n) is 3.89. The Kier molecular flexibility index (Phi) is 4.29. The van der Waals surface area contributed by atoms with Crippen molar-refractivity contribution in [3.63, 3.8) is 0 Å². The molecule has 0 aliphatic carbocycles. The van der Waals surface area contributed by atoms with E-state index in [2.05, 4.69) is 15.2 Å². The van der Waals surface area contributed by atoms with E-state index < -0.39 is 6.55 Å². The molecule has 0 saturated carbocycles. The Morgan fingerprint density at radius 3 is 2.88 bits per heavy atom. The molecule has 1 aromatic heterocycles. The molecule has 2 aromatic rings. The molecule has 0 spiro atoms. The number of amides is 2. The molecule has 1 N–H and O–H groups in total. The van der Waals surface area contributed by atoms with Crippen LogP contribution in [-0.4, -0.2) is 57.6 Å². The summed E-state index contributed by atoms with van der Waals surface area (Å²) >= 11 is 0. The number of para-hydroxylation sites is 2. The lowest BCUT2D eigenvalue weighted by Crippen LogP contribution is -2.48. The first-order chi connectivity index (χ1) is 12.1. The largest absolute Gasteiger partial charge is 0.336 e. The molecule has 2 amide bonds. The van der Waals surface area contributed by atoms with Gasteiger partial charge < -0.3 is 10.2 Å². The van der Waals surface area contributed by atoms with Gasteiger partial charge in [-0.2, -0.15) is 8.78 Å². The molecule has 1 unspecified atom stereocenters. The first-order valence-electron chi connectivity index (χ1n) is 8.64. The third-order valence-corrected chi connectivity index (χ3v) is 5.04. The summed E-state index contributed by atoms with van der Waals surface area (Å²) < 4.78 is 28.1. The normalized spacial score (nSPS) is 22.1. The molecule has 4 rings (SSSR count). The number of alkyl halides is 2. The predicted octanol–water partition coefficient (Wildman–Crippen LogP) is 2.42. The fraction of sp³-hybridized carbons (Fsp3) is 0.529. The predicted molar refractivity (Wildman–Crippen MR) is 89.4 cm³/mol. The monoisotopic (exact) mass is 349 g/mol. The average molecular weight is 349 g/mol. The second-order valence-corrected chi connectivity index (χ2v) is 6.62. The highest BCUT2D eigenvalue weighted by atomic mass is 19.3. The standard InChI is InChI=1S/C17H21F2N5O/c18-16(19)24-14-6-2-1-5-13(14)21-15(24)11-22-8-3-4-12(10-22)23-9-7-20-17(23)25/h1-2,5-6,12,16H,3-4,7-11H2,(H,20,25). The zero-order chi connectivity index (χ0) is 17.4. The summed E-state index contributed by atoms with van der Waals surface area (Å²) in [4.78, 5) is 20.3. The van der Waals surface area contributed by atoms with Crippen LogP contribution >= 0.6 is 0 Å². The molecule has 3 heterocycles. The lowest BCUT2D eigenvalue weighted by Gasteiger charge is -2.36. The number of hydrogen-bond acceptors (Lipinski definition) is 3. The number of benzene rings is 1. The summed E-state index contributed by atoms with van der Waals surface area (Å²) in [7, 11) is 0. The maximum absolute atomic E-state index is 13.6. The van der Waals surface area contributed by atoms with Crippen molar-refractivity contribution in [2.75, 3.05) is 26.2 Å². The van der Waals surface area contributed by atoms with E-state index in [9.17, 15) is 13.6 Å². The lowest BCUT2D eigenvalue weighted by atomic mass is 10.0. The van der Waals surface area contributed by atoms with E-state index in [-0.39, 0.29) is 12.1 Å². The van der Waals surface area contributed by atoms with Gasteiger partial charge in [-0.25, -0.2) is 9.78 Å². The van der Waals surface area contributed by atoms with Crippen molar-refractivity contribution in [3.8, 4) is 0 Å². The van der Waals surface area contributed by atoms with Gasteiger partial charge in [0.2, 0.25) is 0 Å². The van der Waals surface area contributed by atoms with Crippen molar-refractivity contribution >= 4 is 17.1 Å². The fourth-order valence-corrected chi connectivity index (χ4v) is 3.89. The van der Waals surface area contributed by atoms with E-state index in [1.54, 1.807) is 24.3 Å². The molecule has 1 aromatic carbocycles. The van der Waals surface area contributed by atoms with Crippen LogP contribution in [-0.2, 0) is 6.54 Å². The number of aromatic nitrogens is 2. The number of imidazole rings is 1. The molecular formula is C17H21F2N5O. The van der Waals surface area contributed by atoms with Crippen molar-refractivity contribution < 1.29 is 13.6 Å². The van der Waals surface area contributed by atoms with Crippen LogP contribution in [0, 0.1) is 0 Å². The highest BCUT2D eigenvalue weighted by Gasteiger charge is 2.32. The first-order valence-corrected chi connectivity index (χ1v) is 8.64. The van der Waals surface area contributed by atoms with Crippen molar-refractivity contribution in [2.24, 2.45) is 0 Å². The Balaban J connectivity index is 1.54. The van der Waals surface area contributed by atoms with Gasteiger partial charge in [0.05, 0.1) is 17.6 Å². The number of piperidine rings is 1. The number of likely N-dealkylation sites (tertiary alicyclic amines) is 1. The van der Waals surface area contributed by atoms with Gasteiger partial charge in [0.1, 0.15) is 5.82 Å². The lowest BCUT2D eigenvalue weighted by molar-refractivity contribution is 0.0649. The average Bonchev–Trinajstić information content (AvgIpc) is 3.18.